The number of rotatable bonds is 2. The highest BCUT2D eigenvalue weighted by Crippen LogP contribution is 2.23. The van der Waals surface area contributed by atoms with Crippen LogP contribution in [0.5, 0.6) is 0 Å². The molecule has 1 aromatic carbocycles. The molecule has 0 aliphatic carbocycles. The van der Waals surface area contributed by atoms with Gasteiger partial charge in [-0.2, -0.15) is 0 Å². The number of carbonyl (C=O) groups is 1. The van der Waals surface area contributed by atoms with Gasteiger partial charge in [0.25, 0.3) is 0 Å². The smallest absolute Gasteiger partial charge is 0.160 e. The van der Waals surface area contributed by atoms with Gasteiger partial charge in [-0.3, -0.25) is 4.79 Å². The van der Waals surface area contributed by atoms with Crippen molar-refractivity contribution in [3.63, 3.8) is 0 Å². The third kappa shape index (κ3) is 2.31. The molecule has 3 heteroatoms. The van der Waals surface area contributed by atoms with Gasteiger partial charge in [-0.25, -0.2) is 0 Å². The predicted octanol–water partition coefficient (Wildman–Crippen LogP) is 2.72. The molecule has 70 valence electrons. The summed E-state index contributed by atoms with van der Waals surface area (Å²) in [5.74, 6) is 0.0807. The first kappa shape index (κ1) is 10.3. The second kappa shape index (κ2) is 3.92. The van der Waals surface area contributed by atoms with Crippen molar-refractivity contribution in [2.75, 3.05) is 19.0 Å². The van der Waals surface area contributed by atoms with Crippen molar-refractivity contribution in [3.05, 3.63) is 28.2 Å². The highest BCUT2D eigenvalue weighted by molar-refractivity contribution is 9.10. The van der Waals surface area contributed by atoms with Crippen molar-refractivity contribution in [1.29, 1.82) is 0 Å². The Labute approximate surface area is 86.7 Å². The number of hydrogen-bond donors (Lipinski definition) is 0. The third-order valence-corrected chi connectivity index (χ3v) is 2.50. The fourth-order valence-corrected chi connectivity index (χ4v) is 1.71. The van der Waals surface area contributed by atoms with E-state index < -0.39 is 0 Å². The number of halogens is 1. The first-order valence-electron chi connectivity index (χ1n) is 4.00. The van der Waals surface area contributed by atoms with Gasteiger partial charge in [0.1, 0.15) is 0 Å². The molecular weight excluding hydrogens is 230 g/mol. The van der Waals surface area contributed by atoms with E-state index in [2.05, 4.69) is 15.9 Å². The molecule has 0 radical (unpaired) electrons. The minimum absolute atomic E-state index is 0.0807. The Hall–Kier alpha value is -0.830. The van der Waals surface area contributed by atoms with Gasteiger partial charge < -0.3 is 4.90 Å². The number of hydrogen-bond acceptors (Lipinski definition) is 2. The largest absolute Gasteiger partial charge is 0.378 e. The Kier molecular flexibility index (Phi) is 3.09. The minimum Gasteiger partial charge on any atom is -0.378 e. The van der Waals surface area contributed by atoms with Crippen molar-refractivity contribution in [1.82, 2.24) is 0 Å². The number of carbonyl (C=O) groups excluding carboxylic acids is 1. The van der Waals surface area contributed by atoms with E-state index in [1.165, 1.54) is 0 Å². The average Bonchev–Trinajstić information content (AvgIpc) is 2.03. The van der Waals surface area contributed by atoms with Crippen LogP contribution in [0.15, 0.2) is 22.7 Å². The van der Waals surface area contributed by atoms with Gasteiger partial charge in [0.15, 0.2) is 5.78 Å². The second-order valence-corrected chi connectivity index (χ2v) is 3.97. The van der Waals surface area contributed by atoms with E-state index in [9.17, 15) is 4.79 Å². The summed E-state index contributed by atoms with van der Waals surface area (Å²) in [7, 11) is 3.93. The number of Topliss-reactive ketones (excluding diaryl/α,β-unsaturated/α-hetero) is 1. The lowest BCUT2D eigenvalue weighted by Crippen LogP contribution is -2.09. The Morgan fingerprint density at radius 2 is 2.00 bits per heavy atom. The Morgan fingerprint density at radius 3 is 2.38 bits per heavy atom. The molecule has 13 heavy (non-hydrogen) atoms. The van der Waals surface area contributed by atoms with E-state index in [1.807, 2.05) is 37.2 Å². The van der Waals surface area contributed by atoms with Crippen molar-refractivity contribution in [2.24, 2.45) is 0 Å². The molecule has 2 nitrogen and oxygen atoms in total. The monoisotopic (exact) mass is 241 g/mol. The maximum atomic E-state index is 11.1. The van der Waals surface area contributed by atoms with Crippen molar-refractivity contribution in [2.45, 2.75) is 6.92 Å². The Morgan fingerprint density at radius 1 is 1.38 bits per heavy atom. The highest BCUT2D eigenvalue weighted by atomic mass is 79.9. The summed E-state index contributed by atoms with van der Waals surface area (Å²) >= 11 is 3.37. The van der Waals surface area contributed by atoms with Crippen LogP contribution >= 0.6 is 15.9 Å². The van der Waals surface area contributed by atoms with Crippen LogP contribution in [-0.2, 0) is 0 Å². The van der Waals surface area contributed by atoms with Crippen molar-refractivity contribution >= 4 is 27.4 Å². The molecule has 0 aliphatic heterocycles. The standard InChI is InChI=1S/C10H12BrNO/c1-7(13)9-5-4-8(12(2)3)6-10(9)11/h4-6H,1-3H3. The maximum absolute atomic E-state index is 11.1. The lowest BCUT2D eigenvalue weighted by Gasteiger charge is -2.13. The minimum atomic E-state index is 0.0807. The summed E-state index contributed by atoms with van der Waals surface area (Å²) in [5.41, 5.74) is 1.81. The summed E-state index contributed by atoms with van der Waals surface area (Å²) in [5, 5.41) is 0. The summed E-state index contributed by atoms with van der Waals surface area (Å²) in [6, 6.07) is 5.71. The number of nitrogens with zero attached hydrogens (tertiary/aromatic N) is 1. The van der Waals surface area contributed by atoms with Crippen LogP contribution in [-0.4, -0.2) is 19.9 Å². The first-order chi connectivity index (χ1) is 6.02. The van der Waals surface area contributed by atoms with Gasteiger partial charge in [-0.15, -0.1) is 0 Å². The molecule has 0 amide bonds. The summed E-state index contributed by atoms with van der Waals surface area (Å²) in [4.78, 5) is 13.1. The zero-order valence-electron chi connectivity index (χ0n) is 7.97. The average molecular weight is 242 g/mol. The molecule has 1 rings (SSSR count). The molecule has 0 saturated carbocycles. The van der Waals surface area contributed by atoms with Crippen LogP contribution in [0.1, 0.15) is 17.3 Å². The van der Waals surface area contributed by atoms with Crippen LogP contribution in [0.25, 0.3) is 0 Å². The van der Waals surface area contributed by atoms with E-state index in [1.54, 1.807) is 6.92 Å². The van der Waals surface area contributed by atoms with Gasteiger partial charge in [0, 0.05) is 29.8 Å². The molecule has 0 spiro atoms. The van der Waals surface area contributed by atoms with Gasteiger partial charge in [0.2, 0.25) is 0 Å². The molecule has 1 aromatic rings. The zero-order valence-corrected chi connectivity index (χ0v) is 9.55. The SMILES string of the molecule is CC(=O)c1ccc(N(C)C)cc1Br. The first-order valence-corrected chi connectivity index (χ1v) is 4.79. The van der Waals surface area contributed by atoms with Crippen molar-refractivity contribution < 1.29 is 4.79 Å². The summed E-state index contributed by atoms with van der Waals surface area (Å²) in [6.07, 6.45) is 0. The zero-order chi connectivity index (χ0) is 10.0. The molecule has 0 aromatic heterocycles. The van der Waals surface area contributed by atoms with Crippen LogP contribution in [0.3, 0.4) is 0 Å². The summed E-state index contributed by atoms with van der Waals surface area (Å²) in [6.45, 7) is 1.56. The van der Waals surface area contributed by atoms with E-state index in [0.717, 1.165) is 15.7 Å². The van der Waals surface area contributed by atoms with Gasteiger partial charge in [0.05, 0.1) is 0 Å². The van der Waals surface area contributed by atoms with E-state index in [4.69, 9.17) is 0 Å². The molecule has 0 unspecified atom stereocenters. The Balaban J connectivity index is 3.13. The molecule has 0 fully saturated rings. The highest BCUT2D eigenvalue weighted by Gasteiger charge is 2.05. The van der Waals surface area contributed by atoms with Crippen LogP contribution in [0.4, 0.5) is 5.69 Å². The third-order valence-electron chi connectivity index (χ3n) is 1.85. The van der Waals surface area contributed by atoms with Gasteiger partial charge in [-0.05, 0) is 41.1 Å². The topological polar surface area (TPSA) is 20.3 Å². The fraction of sp³-hybridized carbons (Fsp3) is 0.300. The number of ketones is 1. The lowest BCUT2D eigenvalue weighted by atomic mass is 10.1. The molecule has 0 bridgehead atoms. The van der Waals surface area contributed by atoms with Crippen LogP contribution in [0.2, 0.25) is 0 Å². The molecule has 0 saturated heterocycles. The van der Waals surface area contributed by atoms with Crippen molar-refractivity contribution in [3.8, 4) is 0 Å². The predicted molar refractivity (Wildman–Crippen MR) is 58.5 cm³/mol. The fourth-order valence-electron chi connectivity index (χ4n) is 1.07. The molecule has 0 aliphatic rings. The van der Waals surface area contributed by atoms with E-state index in [-0.39, 0.29) is 5.78 Å². The quantitative estimate of drug-likeness (QED) is 0.743. The van der Waals surface area contributed by atoms with Crippen LogP contribution < -0.4 is 4.90 Å². The lowest BCUT2D eigenvalue weighted by molar-refractivity contribution is 0.101. The van der Waals surface area contributed by atoms with E-state index >= 15 is 0 Å². The Bertz CT molecular complexity index is 334. The van der Waals surface area contributed by atoms with Gasteiger partial charge in [-0.1, -0.05) is 0 Å². The summed E-state index contributed by atoms with van der Waals surface area (Å²) < 4.78 is 0.853. The maximum Gasteiger partial charge on any atom is 0.160 e. The van der Waals surface area contributed by atoms with Crippen LogP contribution in [0, 0.1) is 0 Å². The normalized spacial score (nSPS) is 9.85. The second-order valence-electron chi connectivity index (χ2n) is 3.11. The van der Waals surface area contributed by atoms with Gasteiger partial charge >= 0.3 is 0 Å². The number of anilines is 1. The number of benzene rings is 1. The van der Waals surface area contributed by atoms with E-state index in [0.29, 0.717) is 0 Å². The molecule has 0 heterocycles. The molecular formula is C10H12BrNO. The molecule has 0 atom stereocenters. The molecule has 0 N–H and O–H groups in total.